The molecule has 0 aliphatic heterocycles. The Bertz CT molecular complexity index is 1700. The number of amides is 2. The lowest BCUT2D eigenvalue weighted by atomic mass is 9.61. The van der Waals surface area contributed by atoms with Gasteiger partial charge in [0.05, 0.1) is 11.8 Å². The number of hydrogen-bond donors (Lipinski definition) is 3. The molecule has 1 fully saturated rings. The number of aryl methyl sites for hydroxylation is 5. The van der Waals surface area contributed by atoms with Crippen molar-refractivity contribution in [1.29, 1.82) is 0 Å². The molecule has 8 nitrogen and oxygen atoms in total. The molecular formula is C40H42N2O6. The highest BCUT2D eigenvalue weighted by Crippen LogP contribution is 2.44. The van der Waals surface area contributed by atoms with Crippen LogP contribution >= 0.6 is 0 Å². The molecule has 8 heteroatoms. The number of nitrogens with one attached hydrogen (secondary N) is 2. The van der Waals surface area contributed by atoms with Gasteiger partial charge < -0.3 is 20.5 Å². The van der Waals surface area contributed by atoms with E-state index in [0.29, 0.717) is 5.69 Å². The van der Waals surface area contributed by atoms with Crippen LogP contribution in [-0.2, 0) is 49.6 Å². The minimum atomic E-state index is -1.31. The monoisotopic (exact) mass is 646 g/mol. The standard InChI is InChI=1S/C40H42N2O6/c1-26-9-11-27(12-10-26)5-3-6-28-13-19-31(20-14-28)32-21-15-29(16-22-32)7-4-8-30-17-23-33(24-18-30)42-39(45)34-35(38(44)41-2)37(48-25-43)36(34)40(46)47/h9-25,34-37H,3-8H2,1-2H3,(H,41,44)(H,42,45)(H,46,47). The Hall–Kier alpha value is -5.24. The van der Waals surface area contributed by atoms with E-state index in [1.165, 1.54) is 40.4 Å². The molecule has 1 aliphatic carbocycles. The number of carboxylic acid groups (broad SMARTS) is 1. The third-order valence-corrected chi connectivity index (χ3v) is 9.28. The molecule has 0 spiro atoms. The molecule has 0 aromatic heterocycles. The highest BCUT2D eigenvalue weighted by Gasteiger charge is 2.62. The van der Waals surface area contributed by atoms with E-state index in [1.54, 1.807) is 12.1 Å². The number of carbonyl (C=O) groups is 4. The predicted molar refractivity (Wildman–Crippen MR) is 185 cm³/mol. The molecule has 4 atom stereocenters. The number of carbonyl (C=O) groups excluding carboxylic acids is 3. The molecule has 1 saturated carbocycles. The highest BCUT2D eigenvalue weighted by atomic mass is 16.5. The van der Waals surface area contributed by atoms with Gasteiger partial charge in [-0.05, 0) is 91.0 Å². The van der Waals surface area contributed by atoms with Gasteiger partial charge in [-0.2, -0.15) is 0 Å². The highest BCUT2D eigenvalue weighted by molar-refractivity contribution is 6.01. The number of ether oxygens (including phenoxy) is 1. The van der Waals surface area contributed by atoms with Crippen LogP contribution in [0, 0.1) is 24.7 Å². The first-order valence-corrected chi connectivity index (χ1v) is 16.4. The van der Waals surface area contributed by atoms with Crippen molar-refractivity contribution in [3.05, 3.63) is 125 Å². The summed E-state index contributed by atoms with van der Waals surface area (Å²) in [6, 6.07) is 33.8. The van der Waals surface area contributed by atoms with Crippen molar-refractivity contribution in [3.8, 4) is 11.1 Å². The summed E-state index contributed by atoms with van der Waals surface area (Å²) in [4.78, 5) is 48.0. The van der Waals surface area contributed by atoms with Gasteiger partial charge in [-0.3, -0.25) is 19.2 Å². The lowest BCUT2D eigenvalue weighted by Gasteiger charge is -2.45. The second kappa shape index (κ2) is 16.0. The van der Waals surface area contributed by atoms with Crippen molar-refractivity contribution in [2.45, 2.75) is 51.6 Å². The van der Waals surface area contributed by atoms with Crippen LogP contribution in [0.4, 0.5) is 5.69 Å². The molecule has 4 aromatic carbocycles. The summed E-state index contributed by atoms with van der Waals surface area (Å²) in [5.41, 5.74) is 9.33. The molecule has 0 saturated heterocycles. The smallest absolute Gasteiger partial charge is 0.311 e. The van der Waals surface area contributed by atoms with Crippen molar-refractivity contribution >= 4 is 29.9 Å². The van der Waals surface area contributed by atoms with E-state index in [9.17, 15) is 24.3 Å². The van der Waals surface area contributed by atoms with Gasteiger partial charge in [-0.25, -0.2) is 0 Å². The Kier molecular flexibility index (Phi) is 11.4. The number of rotatable bonds is 15. The van der Waals surface area contributed by atoms with Gasteiger partial charge in [-0.15, -0.1) is 0 Å². The summed E-state index contributed by atoms with van der Waals surface area (Å²) < 4.78 is 4.85. The zero-order valence-corrected chi connectivity index (χ0v) is 27.4. The van der Waals surface area contributed by atoms with E-state index in [2.05, 4.69) is 90.4 Å². The number of anilines is 1. The summed E-state index contributed by atoms with van der Waals surface area (Å²) in [5.74, 6) is -6.03. The van der Waals surface area contributed by atoms with Crippen molar-refractivity contribution in [1.82, 2.24) is 5.32 Å². The molecule has 4 aromatic rings. The molecule has 248 valence electrons. The first kappa shape index (κ1) is 34.1. The molecule has 5 rings (SSSR count). The van der Waals surface area contributed by atoms with E-state index >= 15 is 0 Å². The van der Waals surface area contributed by atoms with Crippen LogP contribution in [0.2, 0.25) is 0 Å². The lowest BCUT2D eigenvalue weighted by molar-refractivity contribution is -0.186. The molecule has 0 radical (unpaired) electrons. The normalized spacial score (nSPS) is 18.3. The van der Waals surface area contributed by atoms with Crippen LogP contribution in [0.15, 0.2) is 97.1 Å². The summed E-state index contributed by atoms with van der Waals surface area (Å²) >= 11 is 0. The van der Waals surface area contributed by atoms with Crippen molar-refractivity contribution in [3.63, 3.8) is 0 Å². The summed E-state index contributed by atoms with van der Waals surface area (Å²) in [6.45, 7) is 2.22. The topological polar surface area (TPSA) is 122 Å². The van der Waals surface area contributed by atoms with Crippen molar-refractivity contribution in [2.24, 2.45) is 17.8 Å². The van der Waals surface area contributed by atoms with Crippen LogP contribution in [0.5, 0.6) is 0 Å². The van der Waals surface area contributed by atoms with Gasteiger partial charge in [0, 0.05) is 12.7 Å². The Morgan fingerprint density at radius 2 is 1.08 bits per heavy atom. The first-order valence-electron chi connectivity index (χ1n) is 16.4. The average molecular weight is 647 g/mol. The molecule has 2 amide bonds. The largest absolute Gasteiger partial charge is 0.481 e. The number of carboxylic acids is 1. The Morgan fingerprint density at radius 3 is 1.50 bits per heavy atom. The van der Waals surface area contributed by atoms with Crippen LogP contribution in [0.3, 0.4) is 0 Å². The van der Waals surface area contributed by atoms with Gasteiger partial charge >= 0.3 is 5.97 Å². The summed E-state index contributed by atoms with van der Waals surface area (Å²) in [7, 11) is 1.38. The van der Waals surface area contributed by atoms with Gasteiger partial charge in [-0.1, -0.05) is 90.5 Å². The van der Waals surface area contributed by atoms with Crippen LogP contribution in [-0.4, -0.2) is 42.5 Å². The van der Waals surface area contributed by atoms with Gasteiger partial charge in [0.1, 0.15) is 12.0 Å². The fourth-order valence-electron chi connectivity index (χ4n) is 6.50. The molecular weight excluding hydrogens is 604 g/mol. The van der Waals surface area contributed by atoms with Gasteiger partial charge in [0.25, 0.3) is 6.47 Å². The predicted octanol–water partition coefficient (Wildman–Crippen LogP) is 6.19. The minimum Gasteiger partial charge on any atom is -0.481 e. The molecule has 3 N–H and O–H groups in total. The van der Waals surface area contributed by atoms with Crippen LogP contribution in [0.25, 0.3) is 11.1 Å². The molecule has 4 unspecified atom stereocenters. The lowest BCUT2D eigenvalue weighted by Crippen LogP contribution is -2.64. The Morgan fingerprint density at radius 1 is 0.646 bits per heavy atom. The van der Waals surface area contributed by atoms with Crippen molar-refractivity contribution in [2.75, 3.05) is 12.4 Å². The summed E-state index contributed by atoms with van der Waals surface area (Å²) in [6.07, 6.45) is 4.83. The van der Waals surface area contributed by atoms with Crippen LogP contribution < -0.4 is 10.6 Å². The maximum atomic E-state index is 13.0. The average Bonchev–Trinajstić information content (AvgIpc) is 3.08. The third-order valence-electron chi connectivity index (χ3n) is 9.28. The molecule has 48 heavy (non-hydrogen) atoms. The molecule has 1 aliphatic rings. The fraction of sp³-hybridized carbons (Fsp3) is 0.300. The Balaban J connectivity index is 1.07. The SMILES string of the molecule is CNC(=O)C1C(OC=O)C(C(=O)O)C1C(=O)Nc1ccc(CCCc2ccc(-c3ccc(CCCc4ccc(C)cc4)cc3)cc2)cc1. The van der Waals surface area contributed by atoms with E-state index in [0.717, 1.165) is 44.1 Å². The van der Waals surface area contributed by atoms with E-state index in [4.69, 9.17) is 4.74 Å². The second-order valence-electron chi connectivity index (χ2n) is 12.5. The maximum absolute atomic E-state index is 13.0. The van der Waals surface area contributed by atoms with Crippen LogP contribution in [0.1, 0.15) is 40.7 Å². The van der Waals surface area contributed by atoms with E-state index in [1.807, 2.05) is 12.1 Å². The third kappa shape index (κ3) is 8.37. The number of aliphatic carboxylic acids is 1. The number of benzene rings is 4. The zero-order chi connectivity index (χ0) is 34.0. The Labute approximate surface area is 281 Å². The van der Waals surface area contributed by atoms with Gasteiger partial charge in [0.2, 0.25) is 11.8 Å². The first-order chi connectivity index (χ1) is 23.3. The zero-order valence-electron chi connectivity index (χ0n) is 27.4. The minimum absolute atomic E-state index is 0.105. The number of hydrogen-bond acceptors (Lipinski definition) is 5. The second-order valence-corrected chi connectivity index (χ2v) is 12.5. The van der Waals surface area contributed by atoms with E-state index in [-0.39, 0.29) is 6.47 Å². The quantitative estimate of drug-likeness (QED) is 0.133. The van der Waals surface area contributed by atoms with Crippen molar-refractivity contribution < 1.29 is 29.0 Å². The molecule has 0 bridgehead atoms. The van der Waals surface area contributed by atoms with Gasteiger partial charge in [0.15, 0.2) is 0 Å². The molecule has 0 heterocycles. The maximum Gasteiger partial charge on any atom is 0.311 e. The fourth-order valence-corrected chi connectivity index (χ4v) is 6.50. The summed E-state index contributed by atoms with van der Waals surface area (Å²) in [5, 5.41) is 14.8. The van der Waals surface area contributed by atoms with E-state index < -0.39 is 41.6 Å².